The van der Waals surface area contributed by atoms with Crippen LogP contribution in [0.1, 0.15) is 32.0 Å². The lowest BCUT2D eigenvalue weighted by molar-refractivity contribution is 0.0532. The molecule has 1 aliphatic heterocycles. The Hall–Kier alpha value is -3.12. The lowest BCUT2D eigenvalue weighted by Gasteiger charge is -2.34. The van der Waals surface area contributed by atoms with Gasteiger partial charge >= 0.3 is 0 Å². The molecule has 4 rings (SSSR count). The van der Waals surface area contributed by atoms with Gasteiger partial charge in [0.1, 0.15) is 5.69 Å². The van der Waals surface area contributed by atoms with Crippen LogP contribution in [0.25, 0.3) is 11.3 Å². The predicted octanol–water partition coefficient (Wildman–Crippen LogP) is 3.95. The molecule has 1 N–H and O–H groups in total. The van der Waals surface area contributed by atoms with Crippen LogP contribution in [0.4, 0.5) is 0 Å². The van der Waals surface area contributed by atoms with Gasteiger partial charge in [-0.1, -0.05) is 23.7 Å². The molecule has 154 valence electrons. The van der Waals surface area contributed by atoms with Crippen LogP contribution in [0, 0.1) is 13.8 Å². The normalized spacial score (nSPS) is 14.1. The summed E-state index contributed by atoms with van der Waals surface area (Å²) in [6.07, 6.45) is 0. The number of carbonyl (C=O) groups excluding carboxylic acids is 2. The number of hydrogen-bond donors (Lipinski definition) is 1. The minimum atomic E-state index is -0.101. The van der Waals surface area contributed by atoms with Crippen LogP contribution in [0.15, 0.2) is 48.5 Å². The van der Waals surface area contributed by atoms with E-state index < -0.39 is 0 Å². The van der Waals surface area contributed by atoms with Crippen molar-refractivity contribution < 1.29 is 9.59 Å². The molecule has 2 amide bonds. The topological polar surface area (TPSA) is 69.3 Å². The Labute approximate surface area is 180 Å². The fraction of sp³-hybridized carbons (Fsp3) is 0.261. The number of nitrogens with zero attached hydrogens (tertiary/aromatic N) is 3. The Bertz CT molecular complexity index is 1080. The van der Waals surface area contributed by atoms with Crippen molar-refractivity contribution in [2.45, 2.75) is 13.8 Å². The highest BCUT2D eigenvalue weighted by Gasteiger charge is 2.26. The Kier molecular flexibility index (Phi) is 5.59. The zero-order valence-corrected chi connectivity index (χ0v) is 17.7. The maximum absolute atomic E-state index is 12.9. The van der Waals surface area contributed by atoms with Gasteiger partial charge in [-0.05, 0) is 61.4 Å². The fourth-order valence-corrected chi connectivity index (χ4v) is 3.66. The van der Waals surface area contributed by atoms with Gasteiger partial charge in [-0.25, -0.2) is 0 Å². The third kappa shape index (κ3) is 4.09. The molecular formula is C23H23ClN4O2. The predicted molar refractivity (Wildman–Crippen MR) is 117 cm³/mol. The number of piperazine rings is 1. The molecule has 6 nitrogen and oxygen atoms in total. The second-order valence-electron chi connectivity index (χ2n) is 7.56. The molecular weight excluding hydrogens is 400 g/mol. The smallest absolute Gasteiger partial charge is 0.272 e. The molecule has 0 unspecified atom stereocenters. The summed E-state index contributed by atoms with van der Waals surface area (Å²) in [6.45, 7) is 6.07. The van der Waals surface area contributed by atoms with Gasteiger partial charge < -0.3 is 9.80 Å². The minimum absolute atomic E-state index is 0.0441. The average Bonchev–Trinajstić information content (AvgIpc) is 3.25. The SMILES string of the molecule is Cc1ccc(-c2cc(C(=O)N3CCN(C(=O)c4ccc(Cl)cc4)CC3)[nH]n2)cc1C. The second kappa shape index (κ2) is 8.32. The van der Waals surface area contributed by atoms with Crippen LogP contribution in [0.2, 0.25) is 5.02 Å². The highest BCUT2D eigenvalue weighted by molar-refractivity contribution is 6.30. The highest BCUT2D eigenvalue weighted by atomic mass is 35.5. The zero-order valence-electron chi connectivity index (χ0n) is 17.0. The molecule has 3 aromatic rings. The van der Waals surface area contributed by atoms with E-state index in [9.17, 15) is 9.59 Å². The van der Waals surface area contributed by atoms with Gasteiger partial charge in [0.2, 0.25) is 0 Å². The summed E-state index contributed by atoms with van der Waals surface area (Å²) in [5, 5.41) is 7.78. The van der Waals surface area contributed by atoms with Gasteiger partial charge in [-0.15, -0.1) is 0 Å². The van der Waals surface area contributed by atoms with Crippen LogP contribution in [-0.4, -0.2) is 58.0 Å². The van der Waals surface area contributed by atoms with Gasteiger partial charge in [-0.2, -0.15) is 5.10 Å². The van der Waals surface area contributed by atoms with Crippen molar-refractivity contribution in [1.82, 2.24) is 20.0 Å². The molecule has 0 bridgehead atoms. The van der Waals surface area contributed by atoms with Crippen LogP contribution in [-0.2, 0) is 0 Å². The lowest BCUT2D eigenvalue weighted by atomic mass is 10.0. The van der Waals surface area contributed by atoms with Gasteiger partial charge in [0, 0.05) is 42.3 Å². The Morgan fingerprint density at radius 1 is 0.867 bits per heavy atom. The van der Waals surface area contributed by atoms with Crippen molar-refractivity contribution in [3.8, 4) is 11.3 Å². The molecule has 1 fully saturated rings. The summed E-state index contributed by atoms with van der Waals surface area (Å²) in [5.41, 5.74) is 5.19. The van der Waals surface area contributed by atoms with Crippen molar-refractivity contribution in [3.05, 3.63) is 75.9 Å². The number of carbonyl (C=O) groups is 2. The first-order valence-corrected chi connectivity index (χ1v) is 10.3. The standard InChI is InChI=1S/C23H23ClN4O2/c1-15-3-4-18(13-16(15)2)20-14-21(26-25-20)23(30)28-11-9-27(10-12-28)22(29)17-5-7-19(24)8-6-17/h3-8,13-14H,9-12H2,1-2H3,(H,25,26). The summed E-state index contributed by atoms with van der Waals surface area (Å²) < 4.78 is 0. The number of amides is 2. The van der Waals surface area contributed by atoms with E-state index in [4.69, 9.17) is 11.6 Å². The van der Waals surface area contributed by atoms with E-state index in [1.165, 1.54) is 11.1 Å². The summed E-state index contributed by atoms with van der Waals surface area (Å²) in [5.74, 6) is -0.145. The number of H-pyrrole nitrogens is 1. The quantitative estimate of drug-likeness (QED) is 0.694. The summed E-state index contributed by atoms with van der Waals surface area (Å²) in [7, 11) is 0. The van der Waals surface area contributed by atoms with E-state index in [2.05, 4.69) is 36.2 Å². The number of aromatic nitrogens is 2. The van der Waals surface area contributed by atoms with Gasteiger partial charge in [0.05, 0.1) is 5.69 Å². The number of hydrogen-bond acceptors (Lipinski definition) is 3. The summed E-state index contributed by atoms with van der Waals surface area (Å²) >= 11 is 5.89. The zero-order chi connectivity index (χ0) is 21.3. The second-order valence-corrected chi connectivity index (χ2v) is 7.99. The Morgan fingerprint density at radius 2 is 1.50 bits per heavy atom. The largest absolute Gasteiger partial charge is 0.335 e. The molecule has 0 saturated carbocycles. The first-order chi connectivity index (χ1) is 14.4. The van der Waals surface area contributed by atoms with E-state index >= 15 is 0 Å². The van der Waals surface area contributed by atoms with Crippen LogP contribution >= 0.6 is 11.6 Å². The lowest BCUT2D eigenvalue weighted by Crippen LogP contribution is -2.50. The maximum atomic E-state index is 12.9. The molecule has 0 aliphatic carbocycles. The van der Waals surface area contributed by atoms with Crippen molar-refractivity contribution in [2.24, 2.45) is 0 Å². The first-order valence-electron chi connectivity index (χ1n) is 9.89. The number of benzene rings is 2. The number of halogens is 1. The monoisotopic (exact) mass is 422 g/mol. The van der Waals surface area contributed by atoms with Crippen LogP contribution in [0.5, 0.6) is 0 Å². The van der Waals surface area contributed by atoms with Crippen LogP contribution < -0.4 is 0 Å². The van der Waals surface area contributed by atoms with E-state index in [1.54, 1.807) is 40.1 Å². The van der Waals surface area contributed by atoms with Gasteiger partial charge in [-0.3, -0.25) is 14.7 Å². The Morgan fingerprint density at radius 3 is 2.13 bits per heavy atom. The molecule has 1 aliphatic rings. The number of nitrogens with one attached hydrogen (secondary N) is 1. The molecule has 0 spiro atoms. The van der Waals surface area contributed by atoms with Crippen molar-refractivity contribution in [1.29, 1.82) is 0 Å². The van der Waals surface area contributed by atoms with Gasteiger partial charge in [0.25, 0.3) is 11.8 Å². The van der Waals surface area contributed by atoms with E-state index in [1.807, 2.05) is 6.07 Å². The fourth-order valence-electron chi connectivity index (χ4n) is 3.54. The first kappa shape index (κ1) is 20.2. The van der Waals surface area contributed by atoms with E-state index in [0.717, 1.165) is 11.3 Å². The third-order valence-corrected chi connectivity index (χ3v) is 5.81. The van der Waals surface area contributed by atoms with Crippen molar-refractivity contribution in [3.63, 3.8) is 0 Å². The van der Waals surface area contributed by atoms with E-state index in [0.29, 0.717) is 42.5 Å². The average molecular weight is 423 g/mol. The van der Waals surface area contributed by atoms with Crippen LogP contribution in [0.3, 0.4) is 0 Å². The van der Waals surface area contributed by atoms with Gasteiger partial charge in [0.15, 0.2) is 0 Å². The van der Waals surface area contributed by atoms with E-state index in [-0.39, 0.29) is 11.8 Å². The molecule has 0 atom stereocenters. The molecule has 30 heavy (non-hydrogen) atoms. The summed E-state index contributed by atoms with van der Waals surface area (Å²) in [4.78, 5) is 29.0. The van der Waals surface area contributed by atoms with Crippen molar-refractivity contribution >= 4 is 23.4 Å². The van der Waals surface area contributed by atoms with Crippen molar-refractivity contribution in [2.75, 3.05) is 26.2 Å². The Balaban J connectivity index is 1.40. The number of aryl methyl sites for hydroxylation is 2. The molecule has 2 heterocycles. The number of rotatable bonds is 3. The number of aromatic amines is 1. The molecule has 2 aromatic carbocycles. The molecule has 1 saturated heterocycles. The molecule has 1 aromatic heterocycles. The molecule has 0 radical (unpaired) electrons. The summed E-state index contributed by atoms with van der Waals surface area (Å²) in [6, 6.07) is 14.8. The minimum Gasteiger partial charge on any atom is -0.335 e. The third-order valence-electron chi connectivity index (χ3n) is 5.56. The molecule has 7 heteroatoms. The highest BCUT2D eigenvalue weighted by Crippen LogP contribution is 2.22. The maximum Gasteiger partial charge on any atom is 0.272 e.